The lowest BCUT2D eigenvalue weighted by molar-refractivity contribution is -0.153. The van der Waals surface area contributed by atoms with Crippen LogP contribution in [0.2, 0.25) is 0 Å². The number of aryl methyl sites for hydroxylation is 1. The van der Waals surface area contributed by atoms with Crippen molar-refractivity contribution in [3.63, 3.8) is 0 Å². The van der Waals surface area contributed by atoms with E-state index in [1.165, 1.54) is 4.90 Å². The molecule has 0 bridgehead atoms. The van der Waals surface area contributed by atoms with Gasteiger partial charge >= 0.3 is 5.97 Å². The molecule has 30 heavy (non-hydrogen) atoms. The van der Waals surface area contributed by atoms with E-state index in [4.69, 9.17) is 9.47 Å². The van der Waals surface area contributed by atoms with Gasteiger partial charge in [-0.3, -0.25) is 14.4 Å². The Labute approximate surface area is 176 Å². The monoisotopic (exact) mass is 410 g/mol. The minimum atomic E-state index is -0.906. The summed E-state index contributed by atoms with van der Waals surface area (Å²) in [5.41, 5.74) is 2.88. The number of hydrogen-bond donors (Lipinski definition) is 1. The molecule has 0 radical (unpaired) electrons. The molecule has 0 aliphatic carbocycles. The lowest BCUT2D eigenvalue weighted by Crippen LogP contribution is -2.58. The first kappa shape index (κ1) is 21.4. The summed E-state index contributed by atoms with van der Waals surface area (Å²) >= 11 is 0. The van der Waals surface area contributed by atoms with Gasteiger partial charge in [0, 0.05) is 13.1 Å². The summed E-state index contributed by atoms with van der Waals surface area (Å²) in [4.78, 5) is 38.8. The number of esters is 1. The minimum Gasteiger partial charge on any atom is -0.483 e. The van der Waals surface area contributed by atoms with Crippen LogP contribution in [-0.2, 0) is 25.7 Å². The van der Waals surface area contributed by atoms with Crippen LogP contribution in [0.1, 0.15) is 23.1 Å². The lowest BCUT2D eigenvalue weighted by Gasteiger charge is -2.34. The number of nitrogens with one attached hydrogen (secondary N) is 1. The van der Waals surface area contributed by atoms with E-state index in [1.54, 1.807) is 6.07 Å². The van der Waals surface area contributed by atoms with Crippen LogP contribution in [0.25, 0.3) is 0 Å². The summed E-state index contributed by atoms with van der Waals surface area (Å²) in [5, 5.41) is 2.71. The molecule has 1 atom stereocenters. The third kappa shape index (κ3) is 5.37. The third-order valence-corrected chi connectivity index (χ3v) is 5.16. The highest BCUT2D eigenvalue weighted by Crippen LogP contribution is 2.21. The van der Waals surface area contributed by atoms with Crippen LogP contribution in [0.15, 0.2) is 48.5 Å². The van der Waals surface area contributed by atoms with E-state index in [0.29, 0.717) is 18.8 Å². The first-order chi connectivity index (χ1) is 14.5. The van der Waals surface area contributed by atoms with Crippen LogP contribution < -0.4 is 10.1 Å². The highest BCUT2D eigenvalue weighted by molar-refractivity contribution is 5.92. The number of rotatable bonds is 7. The summed E-state index contributed by atoms with van der Waals surface area (Å²) in [6.07, 6.45) is -0.201. The molecule has 2 amide bonds. The maximum Gasteiger partial charge on any atom is 0.308 e. The summed E-state index contributed by atoms with van der Waals surface area (Å²) in [5.74, 6) is -0.609. The Hall–Kier alpha value is -3.35. The lowest BCUT2D eigenvalue weighted by atomic mass is 10.1. The van der Waals surface area contributed by atoms with Crippen LogP contribution in [0, 0.1) is 13.8 Å². The average molecular weight is 410 g/mol. The predicted molar refractivity (Wildman–Crippen MR) is 111 cm³/mol. The number of nitrogens with zero attached hydrogens (tertiary/aromatic N) is 1. The Kier molecular flexibility index (Phi) is 7.06. The molecular formula is C23H26N2O5. The smallest absolute Gasteiger partial charge is 0.308 e. The molecule has 7 heteroatoms. The van der Waals surface area contributed by atoms with Crippen molar-refractivity contribution in [3.8, 4) is 5.75 Å². The normalized spacial score (nSPS) is 16.0. The molecule has 0 aromatic heterocycles. The Morgan fingerprint density at radius 3 is 2.63 bits per heavy atom. The second-order valence-electron chi connectivity index (χ2n) is 7.23. The number of amides is 2. The zero-order valence-electron chi connectivity index (χ0n) is 17.2. The van der Waals surface area contributed by atoms with Crippen molar-refractivity contribution in [3.05, 3.63) is 65.2 Å². The topological polar surface area (TPSA) is 84.9 Å². The van der Waals surface area contributed by atoms with Crippen LogP contribution in [0.4, 0.5) is 0 Å². The molecule has 158 valence electrons. The number of carbonyl (C=O) groups is 3. The number of benzene rings is 2. The molecule has 1 unspecified atom stereocenters. The highest BCUT2D eigenvalue weighted by Gasteiger charge is 2.35. The molecular weight excluding hydrogens is 384 g/mol. The van der Waals surface area contributed by atoms with Gasteiger partial charge in [-0.1, -0.05) is 42.5 Å². The standard InChI is InChI=1S/C23H26N2O5/c1-16-7-6-10-20(17(16)2)29-15-21(26)25-12-11-24-23(28)19(25)13-22(27)30-14-18-8-4-3-5-9-18/h3-10,19H,11-15H2,1-2H3,(H,24,28). The largest absolute Gasteiger partial charge is 0.483 e. The summed E-state index contributed by atoms with van der Waals surface area (Å²) in [6.45, 7) is 4.47. The SMILES string of the molecule is Cc1cccc(OCC(=O)N2CCNC(=O)C2CC(=O)OCc2ccccc2)c1C. The molecule has 1 fully saturated rings. The van der Waals surface area contributed by atoms with Crippen molar-refractivity contribution >= 4 is 17.8 Å². The van der Waals surface area contributed by atoms with Crippen molar-refractivity contribution < 1.29 is 23.9 Å². The van der Waals surface area contributed by atoms with E-state index in [-0.39, 0.29) is 31.4 Å². The molecule has 3 rings (SSSR count). The Morgan fingerprint density at radius 2 is 1.87 bits per heavy atom. The molecule has 0 spiro atoms. The van der Waals surface area contributed by atoms with Gasteiger partial charge in [-0.15, -0.1) is 0 Å². The Balaban J connectivity index is 1.59. The first-order valence-corrected chi connectivity index (χ1v) is 9.91. The van der Waals surface area contributed by atoms with Crippen molar-refractivity contribution in [1.29, 1.82) is 0 Å². The van der Waals surface area contributed by atoms with Crippen molar-refractivity contribution in [1.82, 2.24) is 10.2 Å². The fraction of sp³-hybridized carbons (Fsp3) is 0.348. The van der Waals surface area contributed by atoms with Gasteiger partial charge in [-0.25, -0.2) is 0 Å². The van der Waals surface area contributed by atoms with Gasteiger partial charge in [0.1, 0.15) is 18.4 Å². The van der Waals surface area contributed by atoms with E-state index in [1.807, 2.05) is 56.3 Å². The van der Waals surface area contributed by atoms with Crippen LogP contribution in [0.3, 0.4) is 0 Å². The quantitative estimate of drug-likeness (QED) is 0.707. The summed E-state index contributed by atoms with van der Waals surface area (Å²) in [6, 6.07) is 14.0. The van der Waals surface area contributed by atoms with Gasteiger partial charge in [0.25, 0.3) is 5.91 Å². The maximum atomic E-state index is 12.8. The molecule has 7 nitrogen and oxygen atoms in total. The van der Waals surface area contributed by atoms with Gasteiger partial charge in [-0.2, -0.15) is 0 Å². The number of ether oxygens (including phenoxy) is 2. The molecule has 1 saturated heterocycles. The second-order valence-corrected chi connectivity index (χ2v) is 7.23. The van der Waals surface area contributed by atoms with Crippen molar-refractivity contribution in [2.24, 2.45) is 0 Å². The molecule has 0 saturated carbocycles. The van der Waals surface area contributed by atoms with Crippen LogP contribution >= 0.6 is 0 Å². The minimum absolute atomic E-state index is 0.123. The van der Waals surface area contributed by atoms with Crippen LogP contribution in [0.5, 0.6) is 5.75 Å². The number of carbonyl (C=O) groups excluding carboxylic acids is 3. The molecule has 1 aliphatic heterocycles. The van der Waals surface area contributed by atoms with E-state index in [9.17, 15) is 14.4 Å². The molecule has 1 aliphatic rings. The van der Waals surface area contributed by atoms with Crippen LogP contribution in [-0.4, -0.2) is 48.4 Å². The van der Waals surface area contributed by atoms with Gasteiger partial charge < -0.3 is 19.7 Å². The second kappa shape index (κ2) is 9.91. The van der Waals surface area contributed by atoms with Gasteiger partial charge in [-0.05, 0) is 36.6 Å². The third-order valence-electron chi connectivity index (χ3n) is 5.16. The Morgan fingerprint density at radius 1 is 1.10 bits per heavy atom. The zero-order chi connectivity index (χ0) is 21.5. The van der Waals surface area contributed by atoms with Crippen molar-refractivity contribution in [2.75, 3.05) is 19.7 Å². The van der Waals surface area contributed by atoms with E-state index >= 15 is 0 Å². The molecule has 2 aromatic carbocycles. The van der Waals surface area contributed by atoms with E-state index in [2.05, 4.69) is 5.32 Å². The van der Waals surface area contributed by atoms with E-state index in [0.717, 1.165) is 16.7 Å². The summed E-state index contributed by atoms with van der Waals surface area (Å²) < 4.78 is 11.0. The van der Waals surface area contributed by atoms with Gasteiger partial charge in [0.2, 0.25) is 5.91 Å². The fourth-order valence-corrected chi connectivity index (χ4v) is 3.27. The number of hydrogen-bond acceptors (Lipinski definition) is 5. The maximum absolute atomic E-state index is 12.8. The van der Waals surface area contributed by atoms with Gasteiger partial charge in [0.05, 0.1) is 6.42 Å². The Bertz CT molecular complexity index is 913. The van der Waals surface area contributed by atoms with E-state index < -0.39 is 12.0 Å². The average Bonchev–Trinajstić information content (AvgIpc) is 2.75. The fourth-order valence-electron chi connectivity index (χ4n) is 3.27. The molecule has 1 N–H and O–H groups in total. The predicted octanol–water partition coefficient (Wildman–Crippen LogP) is 2.14. The molecule has 1 heterocycles. The zero-order valence-corrected chi connectivity index (χ0v) is 17.2. The summed E-state index contributed by atoms with van der Waals surface area (Å²) in [7, 11) is 0. The first-order valence-electron chi connectivity index (χ1n) is 9.91. The number of piperazine rings is 1. The highest BCUT2D eigenvalue weighted by atomic mass is 16.5. The van der Waals surface area contributed by atoms with Crippen molar-refractivity contribution in [2.45, 2.75) is 32.9 Å². The van der Waals surface area contributed by atoms with Gasteiger partial charge in [0.15, 0.2) is 6.61 Å². The molecule has 2 aromatic rings.